The molecule has 5 heteroatoms. The molecule has 0 atom stereocenters. The topological polar surface area (TPSA) is 53.6 Å². The number of aryl methyl sites for hydroxylation is 1. The van der Waals surface area contributed by atoms with Gasteiger partial charge in [-0.05, 0) is 41.1 Å². The highest BCUT2D eigenvalue weighted by Gasteiger charge is 2.03. The number of benzene rings is 1. The second kappa shape index (κ2) is 5.69. The van der Waals surface area contributed by atoms with E-state index in [1.54, 1.807) is 12.1 Å². The Kier molecular flexibility index (Phi) is 4.00. The molecule has 0 spiro atoms. The molecule has 0 aliphatic rings. The number of nitrogens with one attached hydrogen (secondary N) is 1. The average Bonchev–Trinajstić information content (AvgIpc) is 2.84. The molecule has 2 rings (SSSR count). The third-order valence-corrected chi connectivity index (χ3v) is 3.35. The Morgan fingerprint density at radius 2 is 2.33 bits per heavy atom. The predicted octanol–water partition coefficient (Wildman–Crippen LogP) is 3.15. The van der Waals surface area contributed by atoms with Crippen LogP contribution >= 0.6 is 15.9 Å². The Hall–Kier alpha value is -1.80. The zero-order valence-electron chi connectivity index (χ0n) is 10.0. The third kappa shape index (κ3) is 2.71. The molecule has 0 amide bonds. The molecule has 0 radical (unpaired) electrons. The van der Waals surface area contributed by atoms with Crippen LogP contribution in [0.2, 0.25) is 0 Å². The molecule has 0 fully saturated rings. The van der Waals surface area contributed by atoms with Gasteiger partial charge in [-0.1, -0.05) is 0 Å². The van der Waals surface area contributed by atoms with Gasteiger partial charge in [-0.3, -0.25) is 0 Å². The van der Waals surface area contributed by atoms with Crippen LogP contribution in [0.15, 0.2) is 35.2 Å². The van der Waals surface area contributed by atoms with Gasteiger partial charge >= 0.3 is 0 Å². The first kappa shape index (κ1) is 12.7. The summed E-state index contributed by atoms with van der Waals surface area (Å²) in [6, 6.07) is 7.61. The molecule has 92 valence electrons. The summed E-state index contributed by atoms with van der Waals surface area (Å²) in [7, 11) is 0. The van der Waals surface area contributed by atoms with Gasteiger partial charge in [0.2, 0.25) is 0 Å². The lowest BCUT2D eigenvalue weighted by atomic mass is 10.2. The minimum Gasteiger partial charge on any atom is -0.378 e. The molecule has 0 unspecified atom stereocenters. The lowest BCUT2D eigenvalue weighted by Crippen LogP contribution is -2.06. The van der Waals surface area contributed by atoms with E-state index in [9.17, 15) is 0 Å². The molecule has 1 aromatic carbocycles. The molecule has 0 aliphatic heterocycles. The maximum absolute atomic E-state index is 8.80. The van der Waals surface area contributed by atoms with Crippen molar-refractivity contribution in [2.24, 2.45) is 0 Å². The zero-order valence-corrected chi connectivity index (χ0v) is 11.6. The van der Waals surface area contributed by atoms with Crippen LogP contribution in [0.3, 0.4) is 0 Å². The van der Waals surface area contributed by atoms with Crippen molar-refractivity contribution >= 4 is 21.6 Å². The summed E-state index contributed by atoms with van der Waals surface area (Å²) >= 11 is 3.45. The second-order valence-electron chi connectivity index (χ2n) is 3.83. The number of nitriles is 1. The minimum absolute atomic E-state index is 0.644. The van der Waals surface area contributed by atoms with Gasteiger partial charge in [0, 0.05) is 22.9 Å². The number of imidazole rings is 1. The minimum atomic E-state index is 0.644. The number of aromatic nitrogens is 2. The van der Waals surface area contributed by atoms with E-state index in [2.05, 4.69) is 43.8 Å². The van der Waals surface area contributed by atoms with Gasteiger partial charge in [0.05, 0.1) is 30.2 Å². The van der Waals surface area contributed by atoms with Gasteiger partial charge in [-0.15, -0.1) is 0 Å². The van der Waals surface area contributed by atoms with Crippen LogP contribution in [0.5, 0.6) is 0 Å². The molecule has 1 heterocycles. The van der Waals surface area contributed by atoms with Gasteiger partial charge in [-0.2, -0.15) is 5.26 Å². The van der Waals surface area contributed by atoms with E-state index in [0.29, 0.717) is 12.1 Å². The third-order valence-electron chi connectivity index (χ3n) is 2.70. The summed E-state index contributed by atoms with van der Waals surface area (Å²) in [5.41, 5.74) is 2.75. The Balaban J connectivity index is 2.09. The lowest BCUT2D eigenvalue weighted by molar-refractivity contribution is 0.719. The van der Waals surface area contributed by atoms with E-state index >= 15 is 0 Å². The summed E-state index contributed by atoms with van der Waals surface area (Å²) < 4.78 is 2.98. The Labute approximate surface area is 114 Å². The van der Waals surface area contributed by atoms with Gasteiger partial charge in [0.25, 0.3) is 0 Å². The van der Waals surface area contributed by atoms with Crippen LogP contribution in [0.4, 0.5) is 5.69 Å². The highest BCUT2D eigenvalue weighted by atomic mass is 79.9. The van der Waals surface area contributed by atoms with E-state index in [4.69, 9.17) is 5.26 Å². The normalized spacial score (nSPS) is 10.1. The number of anilines is 1. The van der Waals surface area contributed by atoms with Crippen molar-refractivity contribution in [2.45, 2.75) is 20.0 Å². The molecular weight excluding hydrogens is 292 g/mol. The summed E-state index contributed by atoms with van der Waals surface area (Å²) in [6.45, 7) is 3.70. The van der Waals surface area contributed by atoms with Crippen molar-refractivity contribution in [3.8, 4) is 6.07 Å². The number of rotatable bonds is 4. The smallest absolute Gasteiger partial charge is 0.0992 e. The molecule has 0 bridgehead atoms. The first-order chi connectivity index (χ1) is 8.74. The summed E-state index contributed by atoms with van der Waals surface area (Å²) in [5, 5.41) is 12.1. The number of nitrogens with zero attached hydrogens (tertiary/aromatic N) is 3. The fraction of sp³-hybridized carbons (Fsp3) is 0.231. The fourth-order valence-electron chi connectivity index (χ4n) is 1.69. The van der Waals surface area contributed by atoms with Crippen LogP contribution in [0, 0.1) is 11.3 Å². The van der Waals surface area contributed by atoms with Gasteiger partial charge < -0.3 is 9.88 Å². The van der Waals surface area contributed by atoms with Crippen LogP contribution in [-0.2, 0) is 13.1 Å². The Morgan fingerprint density at radius 1 is 1.50 bits per heavy atom. The van der Waals surface area contributed by atoms with Crippen molar-refractivity contribution in [1.82, 2.24) is 9.55 Å². The van der Waals surface area contributed by atoms with Crippen LogP contribution in [0.25, 0.3) is 0 Å². The second-order valence-corrected chi connectivity index (χ2v) is 4.69. The van der Waals surface area contributed by atoms with Crippen LogP contribution < -0.4 is 5.32 Å². The molecule has 0 saturated carbocycles. The number of hydrogen-bond acceptors (Lipinski definition) is 3. The van der Waals surface area contributed by atoms with Crippen molar-refractivity contribution in [3.05, 3.63) is 46.5 Å². The SMILES string of the molecule is CCn1cncc1CNc1ccc(C#N)cc1Br. The van der Waals surface area contributed by atoms with Crippen LogP contribution in [-0.4, -0.2) is 9.55 Å². The predicted molar refractivity (Wildman–Crippen MR) is 74.1 cm³/mol. The largest absolute Gasteiger partial charge is 0.378 e. The van der Waals surface area contributed by atoms with Gasteiger partial charge in [-0.25, -0.2) is 4.98 Å². The average molecular weight is 305 g/mol. The quantitative estimate of drug-likeness (QED) is 0.944. The first-order valence-electron chi connectivity index (χ1n) is 5.67. The molecule has 1 N–H and O–H groups in total. The van der Waals surface area contributed by atoms with Crippen molar-refractivity contribution in [2.75, 3.05) is 5.32 Å². The van der Waals surface area contributed by atoms with Crippen molar-refractivity contribution in [3.63, 3.8) is 0 Å². The molecule has 1 aromatic heterocycles. The lowest BCUT2D eigenvalue weighted by Gasteiger charge is -2.10. The molecule has 0 aliphatic carbocycles. The highest BCUT2D eigenvalue weighted by molar-refractivity contribution is 9.10. The van der Waals surface area contributed by atoms with Gasteiger partial charge in [0.15, 0.2) is 0 Å². The molecule has 4 nitrogen and oxygen atoms in total. The van der Waals surface area contributed by atoms with E-state index < -0.39 is 0 Å². The van der Waals surface area contributed by atoms with E-state index in [0.717, 1.165) is 22.4 Å². The molecular formula is C13H13BrN4. The monoisotopic (exact) mass is 304 g/mol. The summed E-state index contributed by atoms with van der Waals surface area (Å²) in [6.07, 6.45) is 3.68. The highest BCUT2D eigenvalue weighted by Crippen LogP contribution is 2.23. The van der Waals surface area contributed by atoms with Gasteiger partial charge in [0.1, 0.15) is 0 Å². The molecule has 0 saturated heterocycles. The standard InChI is InChI=1S/C13H13BrN4/c1-2-18-9-16-7-11(18)8-17-13-4-3-10(6-15)5-12(13)14/h3-5,7,9,17H,2,8H2,1H3. The van der Waals surface area contributed by atoms with Crippen molar-refractivity contribution < 1.29 is 0 Å². The number of halogens is 1. The maximum Gasteiger partial charge on any atom is 0.0992 e. The Morgan fingerprint density at radius 3 is 3.00 bits per heavy atom. The fourth-order valence-corrected chi connectivity index (χ4v) is 2.21. The van der Waals surface area contributed by atoms with E-state index in [1.165, 1.54) is 0 Å². The summed E-state index contributed by atoms with van der Waals surface area (Å²) in [5.74, 6) is 0. The summed E-state index contributed by atoms with van der Waals surface area (Å²) in [4.78, 5) is 4.12. The Bertz CT molecular complexity index is 583. The number of hydrogen-bond donors (Lipinski definition) is 1. The zero-order chi connectivity index (χ0) is 13.0. The maximum atomic E-state index is 8.80. The first-order valence-corrected chi connectivity index (χ1v) is 6.46. The molecule has 2 aromatic rings. The van der Waals surface area contributed by atoms with Crippen LogP contribution in [0.1, 0.15) is 18.2 Å². The van der Waals surface area contributed by atoms with E-state index in [1.807, 2.05) is 18.6 Å². The molecule has 18 heavy (non-hydrogen) atoms. The van der Waals surface area contributed by atoms with Crippen molar-refractivity contribution in [1.29, 1.82) is 5.26 Å². The van der Waals surface area contributed by atoms with E-state index in [-0.39, 0.29) is 0 Å².